The van der Waals surface area contributed by atoms with Gasteiger partial charge in [-0.15, -0.1) is 0 Å². The zero-order chi connectivity index (χ0) is 14.4. The number of nitrogens with two attached hydrogens (primary N) is 1. The van der Waals surface area contributed by atoms with Crippen molar-refractivity contribution in [2.45, 2.75) is 59.0 Å². The van der Waals surface area contributed by atoms with Gasteiger partial charge in [-0.2, -0.15) is 0 Å². The molecule has 0 aliphatic heterocycles. The van der Waals surface area contributed by atoms with Crippen LogP contribution in [0, 0.1) is 6.92 Å². The van der Waals surface area contributed by atoms with Gasteiger partial charge in [0.05, 0.1) is 0 Å². The molecule has 4 nitrogen and oxygen atoms in total. The molecular weight excluding hydrogens is 236 g/mol. The first-order chi connectivity index (χ1) is 8.58. The Bertz CT molecular complexity index is 597. The minimum Gasteiger partial charge on any atom is -0.324 e. The number of aryl methyl sites for hydroxylation is 1. The standard InChI is InChI=1S/C15H24N4/c1-10-7-11-12(17-8-10)19(9-15(5,6)16)13(18-11)14(2,3)4/h7-8H,9,16H2,1-6H3. The highest BCUT2D eigenvalue weighted by Gasteiger charge is 2.26. The average molecular weight is 260 g/mol. The number of imidazole rings is 1. The molecule has 2 N–H and O–H groups in total. The lowest BCUT2D eigenvalue weighted by atomic mass is 9.95. The Morgan fingerprint density at radius 1 is 1.21 bits per heavy atom. The van der Waals surface area contributed by atoms with E-state index in [-0.39, 0.29) is 11.0 Å². The van der Waals surface area contributed by atoms with Crippen molar-refractivity contribution in [2.24, 2.45) is 5.73 Å². The number of aromatic nitrogens is 3. The van der Waals surface area contributed by atoms with Gasteiger partial charge in [-0.05, 0) is 32.4 Å². The van der Waals surface area contributed by atoms with Crippen LogP contribution < -0.4 is 5.73 Å². The highest BCUT2D eigenvalue weighted by Crippen LogP contribution is 2.26. The van der Waals surface area contributed by atoms with Crippen LogP contribution in [0.25, 0.3) is 11.2 Å². The topological polar surface area (TPSA) is 56.7 Å². The SMILES string of the molecule is Cc1cnc2c(c1)nc(C(C)(C)C)n2CC(C)(C)N. The number of hydrogen-bond donors (Lipinski definition) is 1. The molecule has 0 spiro atoms. The monoisotopic (exact) mass is 260 g/mol. The van der Waals surface area contributed by atoms with E-state index in [1.54, 1.807) is 0 Å². The lowest BCUT2D eigenvalue weighted by Gasteiger charge is -2.25. The van der Waals surface area contributed by atoms with E-state index < -0.39 is 0 Å². The number of rotatable bonds is 2. The van der Waals surface area contributed by atoms with Crippen molar-refractivity contribution in [1.29, 1.82) is 0 Å². The molecular formula is C15H24N4. The number of nitrogens with zero attached hydrogens (tertiary/aromatic N) is 3. The molecule has 2 aromatic heterocycles. The van der Waals surface area contributed by atoms with Crippen molar-refractivity contribution >= 4 is 11.2 Å². The molecule has 0 aliphatic carbocycles. The van der Waals surface area contributed by atoms with Crippen LogP contribution in [0.2, 0.25) is 0 Å². The Balaban J connectivity index is 2.69. The summed E-state index contributed by atoms with van der Waals surface area (Å²) in [5.41, 5.74) is 8.87. The Morgan fingerprint density at radius 2 is 1.84 bits per heavy atom. The van der Waals surface area contributed by atoms with E-state index in [2.05, 4.69) is 36.4 Å². The molecule has 0 fully saturated rings. The van der Waals surface area contributed by atoms with E-state index in [1.165, 1.54) is 0 Å². The van der Waals surface area contributed by atoms with Crippen LogP contribution in [0.15, 0.2) is 12.3 Å². The highest BCUT2D eigenvalue weighted by atomic mass is 15.2. The summed E-state index contributed by atoms with van der Waals surface area (Å²) < 4.78 is 2.16. The van der Waals surface area contributed by atoms with Crippen molar-refractivity contribution < 1.29 is 0 Å². The predicted octanol–water partition coefficient (Wildman–Crippen LogP) is 2.77. The summed E-state index contributed by atoms with van der Waals surface area (Å²) in [6, 6.07) is 2.08. The van der Waals surface area contributed by atoms with Crippen molar-refractivity contribution in [3.63, 3.8) is 0 Å². The summed E-state index contributed by atoms with van der Waals surface area (Å²) >= 11 is 0. The van der Waals surface area contributed by atoms with Gasteiger partial charge in [0.15, 0.2) is 5.65 Å². The molecule has 0 radical (unpaired) electrons. The van der Waals surface area contributed by atoms with E-state index >= 15 is 0 Å². The quantitative estimate of drug-likeness (QED) is 0.903. The molecule has 2 aromatic rings. The highest BCUT2D eigenvalue weighted by molar-refractivity contribution is 5.72. The fraction of sp³-hybridized carbons (Fsp3) is 0.600. The summed E-state index contributed by atoms with van der Waals surface area (Å²) in [4.78, 5) is 9.32. The number of pyridine rings is 1. The van der Waals surface area contributed by atoms with Crippen LogP contribution in [0.1, 0.15) is 46.0 Å². The normalized spacial score (nSPS) is 13.2. The molecule has 19 heavy (non-hydrogen) atoms. The molecule has 2 rings (SSSR count). The van der Waals surface area contributed by atoms with Gasteiger partial charge in [-0.25, -0.2) is 9.97 Å². The van der Waals surface area contributed by atoms with Crippen LogP contribution in [0.5, 0.6) is 0 Å². The minimum absolute atomic E-state index is 0.0279. The van der Waals surface area contributed by atoms with Gasteiger partial charge in [0, 0.05) is 23.7 Å². The first-order valence-electron chi connectivity index (χ1n) is 6.70. The molecule has 0 saturated heterocycles. The van der Waals surface area contributed by atoms with Crippen LogP contribution >= 0.6 is 0 Å². The van der Waals surface area contributed by atoms with Crippen LogP contribution in [0.4, 0.5) is 0 Å². The molecule has 2 heterocycles. The van der Waals surface area contributed by atoms with E-state index in [0.29, 0.717) is 6.54 Å². The maximum absolute atomic E-state index is 6.18. The van der Waals surface area contributed by atoms with Gasteiger partial charge in [0.25, 0.3) is 0 Å². The third kappa shape index (κ3) is 2.95. The van der Waals surface area contributed by atoms with Gasteiger partial charge in [-0.3, -0.25) is 0 Å². The van der Waals surface area contributed by atoms with E-state index in [4.69, 9.17) is 10.7 Å². The maximum atomic E-state index is 6.18. The van der Waals surface area contributed by atoms with Crippen molar-refractivity contribution in [3.8, 4) is 0 Å². The van der Waals surface area contributed by atoms with Gasteiger partial charge >= 0.3 is 0 Å². The fourth-order valence-electron chi connectivity index (χ4n) is 2.24. The molecule has 0 atom stereocenters. The van der Waals surface area contributed by atoms with Crippen molar-refractivity contribution in [2.75, 3.05) is 0 Å². The molecule has 0 amide bonds. The molecule has 0 aliphatic rings. The fourth-order valence-corrected chi connectivity index (χ4v) is 2.24. The van der Waals surface area contributed by atoms with Gasteiger partial charge in [0.2, 0.25) is 0 Å². The molecule has 4 heteroatoms. The van der Waals surface area contributed by atoms with Gasteiger partial charge in [0.1, 0.15) is 11.3 Å². The zero-order valence-corrected chi connectivity index (χ0v) is 12.8. The third-order valence-electron chi connectivity index (χ3n) is 2.96. The van der Waals surface area contributed by atoms with Crippen molar-refractivity contribution in [1.82, 2.24) is 14.5 Å². The molecule has 104 valence electrons. The summed E-state index contributed by atoms with van der Waals surface area (Å²) in [6.07, 6.45) is 1.89. The zero-order valence-electron chi connectivity index (χ0n) is 12.8. The van der Waals surface area contributed by atoms with E-state index in [0.717, 1.165) is 22.6 Å². The van der Waals surface area contributed by atoms with Crippen molar-refractivity contribution in [3.05, 3.63) is 23.7 Å². The van der Waals surface area contributed by atoms with Gasteiger partial charge in [-0.1, -0.05) is 20.8 Å². The second-order valence-corrected chi connectivity index (χ2v) is 7.12. The molecule has 0 aromatic carbocycles. The minimum atomic E-state index is -0.291. The number of fused-ring (bicyclic) bond motifs is 1. The third-order valence-corrected chi connectivity index (χ3v) is 2.96. The van der Waals surface area contributed by atoms with Crippen LogP contribution in [0.3, 0.4) is 0 Å². The van der Waals surface area contributed by atoms with E-state index in [1.807, 2.05) is 27.0 Å². The summed E-state index contributed by atoms with van der Waals surface area (Å²) in [5.74, 6) is 1.04. The summed E-state index contributed by atoms with van der Waals surface area (Å²) in [7, 11) is 0. The Hall–Kier alpha value is -1.42. The van der Waals surface area contributed by atoms with Crippen LogP contribution in [-0.4, -0.2) is 20.1 Å². The predicted molar refractivity (Wildman–Crippen MR) is 79.2 cm³/mol. The Morgan fingerprint density at radius 3 is 2.37 bits per heavy atom. The first kappa shape index (κ1) is 14.0. The Labute approximate surface area is 115 Å². The Kier molecular flexibility index (Phi) is 3.17. The average Bonchev–Trinajstić information content (AvgIpc) is 2.53. The summed E-state index contributed by atoms with van der Waals surface area (Å²) in [5, 5.41) is 0. The number of hydrogen-bond acceptors (Lipinski definition) is 3. The second kappa shape index (κ2) is 4.30. The summed E-state index contributed by atoms with van der Waals surface area (Å²) in [6.45, 7) is 13.3. The molecule has 0 unspecified atom stereocenters. The molecule has 0 bridgehead atoms. The van der Waals surface area contributed by atoms with E-state index in [9.17, 15) is 0 Å². The second-order valence-electron chi connectivity index (χ2n) is 7.12. The smallest absolute Gasteiger partial charge is 0.160 e. The van der Waals surface area contributed by atoms with Crippen LogP contribution in [-0.2, 0) is 12.0 Å². The molecule has 0 saturated carbocycles. The lowest BCUT2D eigenvalue weighted by Crippen LogP contribution is -2.38. The largest absolute Gasteiger partial charge is 0.324 e. The first-order valence-corrected chi connectivity index (χ1v) is 6.70. The lowest BCUT2D eigenvalue weighted by molar-refractivity contribution is 0.406. The van der Waals surface area contributed by atoms with Gasteiger partial charge < -0.3 is 10.3 Å². The maximum Gasteiger partial charge on any atom is 0.160 e.